The van der Waals surface area contributed by atoms with E-state index in [1.54, 1.807) is 38.1 Å². The molecule has 0 radical (unpaired) electrons. The number of nitrogens with two attached hydrogens (primary N) is 1. The number of aromatic amines is 1. The third-order valence-corrected chi connectivity index (χ3v) is 4.82. The second kappa shape index (κ2) is 6.49. The van der Waals surface area contributed by atoms with E-state index in [-0.39, 0.29) is 11.4 Å². The number of aromatic nitrogens is 3. The number of rotatable bonds is 4. The summed E-state index contributed by atoms with van der Waals surface area (Å²) in [5, 5.41) is 5.69. The lowest BCUT2D eigenvalue weighted by atomic mass is 10.1. The number of fused-ring (bicyclic) bond motifs is 3. The van der Waals surface area contributed by atoms with Crippen LogP contribution >= 0.6 is 0 Å². The molecular weight excluding hydrogens is 360 g/mol. The Kier molecular flexibility index (Phi) is 4.11. The maximum absolute atomic E-state index is 12.7. The molecule has 28 heavy (non-hydrogen) atoms. The molecule has 0 bridgehead atoms. The minimum Gasteiger partial charge on any atom is -0.497 e. The first-order valence-corrected chi connectivity index (χ1v) is 8.59. The van der Waals surface area contributed by atoms with Crippen molar-refractivity contribution in [1.29, 1.82) is 0 Å². The van der Waals surface area contributed by atoms with Crippen molar-refractivity contribution in [3.05, 3.63) is 46.2 Å². The summed E-state index contributed by atoms with van der Waals surface area (Å²) in [6.07, 6.45) is 0. The van der Waals surface area contributed by atoms with Gasteiger partial charge in [-0.05, 0) is 24.6 Å². The van der Waals surface area contributed by atoms with E-state index in [9.17, 15) is 4.79 Å². The van der Waals surface area contributed by atoms with Gasteiger partial charge in [0.25, 0.3) is 5.56 Å². The van der Waals surface area contributed by atoms with Crippen molar-refractivity contribution in [2.75, 3.05) is 27.1 Å². The molecule has 2 aromatic heterocycles. The van der Waals surface area contributed by atoms with E-state index in [2.05, 4.69) is 10.1 Å². The Morgan fingerprint density at radius 3 is 2.43 bits per heavy atom. The smallest absolute Gasteiger partial charge is 0.261 e. The molecule has 0 saturated heterocycles. The SMILES string of the molecule is COc1ccc(C)c(-n2nc3c(c2N)c(=O)[nH]c2cc(OC)c(OC)cc23)c1. The second-order valence-corrected chi connectivity index (χ2v) is 6.38. The predicted molar refractivity (Wildman–Crippen MR) is 108 cm³/mol. The van der Waals surface area contributed by atoms with Gasteiger partial charge in [-0.25, -0.2) is 4.68 Å². The zero-order valence-electron chi connectivity index (χ0n) is 16.0. The molecule has 8 heteroatoms. The molecule has 0 aliphatic heterocycles. The summed E-state index contributed by atoms with van der Waals surface area (Å²) in [6.45, 7) is 1.94. The normalized spacial score (nSPS) is 11.1. The fourth-order valence-electron chi connectivity index (χ4n) is 3.33. The van der Waals surface area contributed by atoms with Gasteiger partial charge in [-0.2, -0.15) is 5.10 Å². The molecule has 0 aliphatic carbocycles. The van der Waals surface area contributed by atoms with Crippen LogP contribution in [0, 0.1) is 6.92 Å². The van der Waals surface area contributed by atoms with Crippen molar-refractivity contribution in [3.63, 3.8) is 0 Å². The summed E-state index contributed by atoms with van der Waals surface area (Å²) in [5.41, 5.74) is 8.77. The van der Waals surface area contributed by atoms with Crippen LogP contribution in [-0.2, 0) is 0 Å². The van der Waals surface area contributed by atoms with Gasteiger partial charge in [0, 0.05) is 17.5 Å². The van der Waals surface area contributed by atoms with E-state index in [1.807, 2.05) is 25.1 Å². The fourth-order valence-corrected chi connectivity index (χ4v) is 3.33. The Morgan fingerprint density at radius 2 is 1.75 bits per heavy atom. The van der Waals surface area contributed by atoms with Gasteiger partial charge in [-0.1, -0.05) is 6.07 Å². The summed E-state index contributed by atoms with van der Waals surface area (Å²) in [4.78, 5) is 15.6. The second-order valence-electron chi connectivity index (χ2n) is 6.38. The van der Waals surface area contributed by atoms with Gasteiger partial charge in [0.15, 0.2) is 11.5 Å². The first-order valence-electron chi connectivity index (χ1n) is 8.59. The number of benzene rings is 2. The molecule has 0 amide bonds. The maximum Gasteiger partial charge on any atom is 0.261 e. The van der Waals surface area contributed by atoms with E-state index >= 15 is 0 Å². The van der Waals surface area contributed by atoms with Crippen LogP contribution in [0.4, 0.5) is 5.82 Å². The van der Waals surface area contributed by atoms with E-state index in [4.69, 9.17) is 19.9 Å². The molecule has 4 rings (SSSR count). The van der Waals surface area contributed by atoms with Crippen molar-refractivity contribution in [3.8, 4) is 22.9 Å². The van der Waals surface area contributed by atoms with Crippen molar-refractivity contribution >= 4 is 27.6 Å². The highest BCUT2D eigenvalue weighted by Gasteiger charge is 2.19. The van der Waals surface area contributed by atoms with Gasteiger partial charge in [-0.3, -0.25) is 4.79 Å². The number of methoxy groups -OCH3 is 3. The van der Waals surface area contributed by atoms with Crippen LogP contribution < -0.4 is 25.5 Å². The van der Waals surface area contributed by atoms with Crippen molar-refractivity contribution in [1.82, 2.24) is 14.8 Å². The highest BCUT2D eigenvalue weighted by atomic mass is 16.5. The van der Waals surface area contributed by atoms with Crippen LogP contribution in [0.2, 0.25) is 0 Å². The van der Waals surface area contributed by atoms with Gasteiger partial charge >= 0.3 is 0 Å². The average Bonchev–Trinajstić information content (AvgIpc) is 3.05. The summed E-state index contributed by atoms with van der Waals surface area (Å²) in [5.74, 6) is 1.98. The van der Waals surface area contributed by atoms with Gasteiger partial charge in [0.1, 0.15) is 22.5 Å². The number of nitrogen functional groups attached to an aromatic ring is 1. The molecular formula is C20H20N4O4. The van der Waals surface area contributed by atoms with Crippen LogP contribution in [0.25, 0.3) is 27.5 Å². The Hall–Kier alpha value is -3.68. The minimum atomic E-state index is -0.320. The van der Waals surface area contributed by atoms with Gasteiger partial charge in [-0.15, -0.1) is 0 Å². The number of ether oxygens (including phenoxy) is 3. The van der Waals surface area contributed by atoms with Crippen molar-refractivity contribution < 1.29 is 14.2 Å². The summed E-state index contributed by atoms with van der Waals surface area (Å²) in [7, 11) is 4.69. The first-order chi connectivity index (χ1) is 13.5. The summed E-state index contributed by atoms with van der Waals surface area (Å²) < 4.78 is 17.6. The van der Waals surface area contributed by atoms with Crippen molar-refractivity contribution in [2.45, 2.75) is 6.92 Å². The van der Waals surface area contributed by atoms with Gasteiger partial charge in [0.2, 0.25) is 0 Å². The third kappa shape index (κ3) is 2.53. The summed E-state index contributed by atoms with van der Waals surface area (Å²) >= 11 is 0. The standard InChI is InChI=1S/C20H20N4O4/c1-10-5-6-11(26-2)7-14(10)24-19(21)17-18(23-24)12-8-15(27-3)16(28-4)9-13(12)22-20(17)25/h5-9H,21H2,1-4H3,(H,22,25). The Morgan fingerprint density at radius 1 is 1.04 bits per heavy atom. The molecule has 0 saturated carbocycles. The average molecular weight is 380 g/mol. The molecule has 3 N–H and O–H groups in total. The summed E-state index contributed by atoms with van der Waals surface area (Å²) in [6, 6.07) is 9.09. The van der Waals surface area contributed by atoms with Crippen LogP contribution in [-0.4, -0.2) is 36.1 Å². The highest BCUT2D eigenvalue weighted by Crippen LogP contribution is 2.35. The lowest BCUT2D eigenvalue weighted by Gasteiger charge is -2.09. The van der Waals surface area contributed by atoms with Crippen LogP contribution in [0.5, 0.6) is 17.2 Å². The number of anilines is 1. The first kappa shape index (κ1) is 17.7. The number of hydrogen-bond acceptors (Lipinski definition) is 6. The molecule has 2 heterocycles. The molecule has 0 atom stereocenters. The molecule has 8 nitrogen and oxygen atoms in total. The van der Waals surface area contributed by atoms with E-state index in [1.165, 1.54) is 0 Å². The quantitative estimate of drug-likeness (QED) is 0.564. The monoisotopic (exact) mass is 380 g/mol. The third-order valence-electron chi connectivity index (χ3n) is 4.82. The zero-order valence-corrected chi connectivity index (χ0v) is 16.0. The molecule has 0 aliphatic rings. The molecule has 0 unspecified atom stereocenters. The largest absolute Gasteiger partial charge is 0.497 e. The highest BCUT2D eigenvalue weighted by molar-refractivity contribution is 6.07. The molecule has 0 fully saturated rings. The van der Waals surface area contributed by atoms with Crippen LogP contribution in [0.3, 0.4) is 0 Å². The minimum absolute atomic E-state index is 0.254. The Balaban J connectivity index is 2.09. The number of nitrogens with zero attached hydrogens (tertiary/aromatic N) is 2. The van der Waals surface area contributed by atoms with Crippen LogP contribution in [0.15, 0.2) is 35.1 Å². The number of H-pyrrole nitrogens is 1. The van der Waals surface area contributed by atoms with Gasteiger partial charge < -0.3 is 24.9 Å². The number of hydrogen-bond donors (Lipinski definition) is 2. The van der Waals surface area contributed by atoms with E-state index in [0.29, 0.717) is 39.1 Å². The lowest BCUT2D eigenvalue weighted by Crippen LogP contribution is -2.09. The molecule has 0 spiro atoms. The topological polar surface area (TPSA) is 104 Å². The van der Waals surface area contributed by atoms with Gasteiger partial charge in [0.05, 0.1) is 32.5 Å². The number of pyridine rings is 1. The fraction of sp³-hybridized carbons (Fsp3) is 0.200. The molecule has 144 valence electrons. The predicted octanol–water partition coefficient (Wildman–Crippen LogP) is 2.78. The lowest BCUT2D eigenvalue weighted by molar-refractivity contribution is 0.356. The zero-order chi connectivity index (χ0) is 20.0. The van der Waals surface area contributed by atoms with Crippen molar-refractivity contribution in [2.24, 2.45) is 0 Å². The Bertz CT molecular complexity index is 1270. The number of nitrogens with one attached hydrogen (secondary N) is 1. The van der Waals surface area contributed by atoms with E-state index in [0.717, 1.165) is 11.3 Å². The number of aryl methyl sites for hydroxylation is 1. The maximum atomic E-state index is 12.7. The van der Waals surface area contributed by atoms with E-state index < -0.39 is 0 Å². The molecule has 4 aromatic rings. The van der Waals surface area contributed by atoms with Crippen LogP contribution in [0.1, 0.15) is 5.56 Å². The molecule has 2 aromatic carbocycles. The Labute approximate surface area is 160 Å².